The van der Waals surface area contributed by atoms with Crippen LogP contribution in [0.4, 0.5) is 20.2 Å². The number of nitrogens with one attached hydrogen (secondary N) is 1. The van der Waals surface area contributed by atoms with Crippen molar-refractivity contribution in [3.8, 4) is 5.88 Å². The summed E-state index contributed by atoms with van der Waals surface area (Å²) in [6, 6.07) is 11.3. The minimum Gasteiger partial charge on any atom is -0.417 e. The number of amides is 1. The number of carbonyl (C=O) groups is 1. The second kappa shape index (κ2) is 9.47. The van der Waals surface area contributed by atoms with E-state index in [0.29, 0.717) is 33.7 Å². The van der Waals surface area contributed by atoms with Crippen LogP contribution in [0.1, 0.15) is 34.5 Å². The molecule has 164 valence electrons. The maximum absolute atomic E-state index is 12.6. The Kier molecular flexibility index (Phi) is 6.50. The Hall–Kier alpha value is -2.94. The van der Waals surface area contributed by atoms with E-state index >= 15 is 0 Å². The molecule has 1 fully saturated rings. The molecule has 1 aliphatic rings. The van der Waals surface area contributed by atoms with Crippen molar-refractivity contribution >= 4 is 38.8 Å². The number of carbonyl (C=O) groups excluding carboxylic acids is 1. The van der Waals surface area contributed by atoms with Gasteiger partial charge in [0.2, 0.25) is 5.88 Å². The van der Waals surface area contributed by atoms with Gasteiger partial charge in [0.25, 0.3) is 5.91 Å². The number of alkyl halides is 2. The summed E-state index contributed by atoms with van der Waals surface area (Å²) in [5, 5.41) is 3.42. The second-order valence-electron chi connectivity index (χ2n) is 7.45. The molecule has 1 aliphatic heterocycles. The molecular weight excluding hydrogens is 422 g/mol. The summed E-state index contributed by atoms with van der Waals surface area (Å²) in [5.74, 6) is -0.509. The molecule has 2 aromatic heterocycles. The number of hydrogen-bond donors (Lipinski definition) is 2. The number of ether oxygens (including phenoxy) is 1. The van der Waals surface area contributed by atoms with Gasteiger partial charge in [0.05, 0.1) is 5.69 Å². The van der Waals surface area contributed by atoms with Crippen molar-refractivity contribution in [2.75, 3.05) is 30.3 Å². The van der Waals surface area contributed by atoms with Crippen LogP contribution in [0.3, 0.4) is 0 Å². The summed E-state index contributed by atoms with van der Waals surface area (Å²) in [7, 11) is 0. The van der Waals surface area contributed by atoms with Gasteiger partial charge in [-0.05, 0) is 49.4 Å². The van der Waals surface area contributed by atoms with E-state index in [1.165, 1.54) is 37.1 Å². The first-order chi connectivity index (χ1) is 15.0. The van der Waals surface area contributed by atoms with Gasteiger partial charge in [0, 0.05) is 36.8 Å². The van der Waals surface area contributed by atoms with Crippen molar-refractivity contribution in [3.05, 3.63) is 46.8 Å². The zero-order chi connectivity index (χ0) is 21.8. The fourth-order valence-corrected chi connectivity index (χ4v) is 4.73. The van der Waals surface area contributed by atoms with E-state index in [0.717, 1.165) is 30.0 Å². The van der Waals surface area contributed by atoms with Crippen LogP contribution in [0.2, 0.25) is 0 Å². The molecule has 0 saturated carbocycles. The molecule has 31 heavy (non-hydrogen) atoms. The molecule has 0 bridgehead atoms. The van der Waals surface area contributed by atoms with E-state index in [1.54, 1.807) is 0 Å². The number of halogens is 2. The Morgan fingerprint density at radius 2 is 1.90 bits per heavy atom. The first kappa shape index (κ1) is 21.3. The lowest BCUT2D eigenvalue weighted by Gasteiger charge is -2.28. The average Bonchev–Trinajstić information content (AvgIpc) is 3.10. The Labute approximate surface area is 183 Å². The van der Waals surface area contributed by atoms with Crippen LogP contribution >= 0.6 is 11.3 Å². The Balaban J connectivity index is 1.35. The van der Waals surface area contributed by atoms with Gasteiger partial charge in [-0.15, -0.1) is 11.3 Å². The molecule has 0 unspecified atom stereocenters. The minimum atomic E-state index is -2.96. The molecule has 3 aromatic rings. The molecular formula is C22H24F2N4O2S. The van der Waals surface area contributed by atoms with Gasteiger partial charge in [-0.3, -0.25) is 4.79 Å². The molecule has 1 aromatic carbocycles. The zero-order valence-electron chi connectivity index (χ0n) is 16.9. The number of nitrogen functional groups attached to an aromatic ring is 1. The third-order valence-corrected chi connectivity index (χ3v) is 6.46. The third kappa shape index (κ3) is 5.04. The van der Waals surface area contributed by atoms with Gasteiger partial charge in [-0.1, -0.05) is 12.1 Å². The molecule has 0 spiro atoms. The quantitative estimate of drug-likeness (QED) is 0.561. The van der Waals surface area contributed by atoms with Crippen molar-refractivity contribution in [3.63, 3.8) is 0 Å². The zero-order valence-corrected chi connectivity index (χ0v) is 17.8. The number of rotatable bonds is 7. The predicted octanol–water partition coefficient (Wildman–Crippen LogP) is 4.44. The van der Waals surface area contributed by atoms with Gasteiger partial charge in [0.1, 0.15) is 9.71 Å². The van der Waals surface area contributed by atoms with Gasteiger partial charge >= 0.3 is 6.61 Å². The van der Waals surface area contributed by atoms with Gasteiger partial charge in [0.15, 0.2) is 0 Å². The highest BCUT2D eigenvalue weighted by atomic mass is 32.1. The summed E-state index contributed by atoms with van der Waals surface area (Å²) in [6.07, 6.45) is 4.48. The number of hydrogen-bond acceptors (Lipinski definition) is 6. The maximum atomic E-state index is 12.6. The predicted molar refractivity (Wildman–Crippen MR) is 119 cm³/mol. The Morgan fingerprint density at radius 1 is 1.16 bits per heavy atom. The highest BCUT2D eigenvalue weighted by molar-refractivity contribution is 7.21. The largest absolute Gasteiger partial charge is 0.417 e. The molecule has 4 rings (SSSR count). The highest BCUT2D eigenvalue weighted by Gasteiger charge is 2.18. The smallest absolute Gasteiger partial charge is 0.388 e. The number of thiophene rings is 1. The molecule has 1 saturated heterocycles. The van der Waals surface area contributed by atoms with Crippen LogP contribution in [0.25, 0.3) is 10.2 Å². The Bertz CT molecular complexity index is 1050. The number of fused-ring (bicyclic) bond motifs is 1. The number of nitrogens with zero attached hydrogens (tertiary/aromatic N) is 2. The fourth-order valence-electron chi connectivity index (χ4n) is 3.73. The number of piperidine rings is 1. The van der Waals surface area contributed by atoms with Crippen LogP contribution in [-0.2, 0) is 6.42 Å². The topological polar surface area (TPSA) is 80.5 Å². The van der Waals surface area contributed by atoms with Crippen LogP contribution < -0.4 is 20.7 Å². The van der Waals surface area contributed by atoms with Gasteiger partial charge < -0.3 is 20.7 Å². The summed E-state index contributed by atoms with van der Waals surface area (Å²) >= 11 is 1.06. The summed E-state index contributed by atoms with van der Waals surface area (Å²) < 4.78 is 29.1. The third-order valence-electron chi connectivity index (χ3n) is 5.34. The van der Waals surface area contributed by atoms with E-state index in [9.17, 15) is 13.6 Å². The maximum Gasteiger partial charge on any atom is 0.388 e. The molecule has 3 heterocycles. The minimum absolute atomic E-state index is 0.205. The normalized spacial score (nSPS) is 14.2. The van der Waals surface area contributed by atoms with Crippen LogP contribution in [0.5, 0.6) is 5.88 Å². The molecule has 0 atom stereocenters. The fraction of sp³-hybridized carbons (Fsp3) is 0.364. The van der Waals surface area contributed by atoms with Crippen molar-refractivity contribution in [1.29, 1.82) is 0 Å². The van der Waals surface area contributed by atoms with Gasteiger partial charge in [-0.25, -0.2) is 4.98 Å². The van der Waals surface area contributed by atoms with Crippen molar-refractivity contribution in [2.24, 2.45) is 0 Å². The van der Waals surface area contributed by atoms with Crippen molar-refractivity contribution in [1.82, 2.24) is 10.3 Å². The summed E-state index contributed by atoms with van der Waals surface area (Å²) in [4.78, 5) is 19.7. The van der Waals surface area contributed by atoms with Crippen LogP contribution in [-0.4, -0.2) is 37.1 Å². The van der Waals surface area contributed by atoms with E-state index in [4.69, 9.17) is 5.73 Å². The van der Waals surface area contributed by atoms with Crippen LogP contribution in [0, 0.1) is 0 Å². The summed E-state index contributed by atoms with van der Waals surface area (Å²) in [6.45, 7) is -0.283. The van der Waals surface area contributed by atoms with E-state index in [1.807, 2.05) is 0 Å². The first-order valence-corrected chi connectivity index (χ1v) is 11.1. The molecule has 1 amide bonds. The van der Waals surface area contributed by atoms with Crippen molar-refractivity contribution in [2.45, 2.75) is 32.3 Å². The summed E-state index contributed by atoms with van der Waals surface area (Å²) in [5.41, 5.74) is 8.75. The van der Waals surface area contributed by atoms with Crippen molar-refractivity contribution < 1.29 is 18.3 Å². The van der Waals surface area contributed by atoms with Gasteiger partial charge in [-0.2, -0.15) is 8.78 Å². The number of aromatic nitrogens is 1. The van der Waals surface area contributed by atoms with E-state index in [-0.39, 0.29) is 11.8 Å². The molecule has 6 nitrogen and oxygen atoms in total. The highest BCUT2D eigenvalue weighted by Crippen LogP contribution is 2.33. The number of pyridine rings is 1. The monoisotopic (exact) mass is 446 g/mol. The molecule has 0 aliphatic carbocycles. The number of nitrogens with two attached hydrogens (primary N) is 1. The Morgan fingerprint density at radius 3 is 2.61 bits per heavy atom. The lowest BCUT2D eigenvalue weighted by Crippen LogP contribution is -2.29. The average molecular weight is 447 g/mol. The lowest BCUT2D eigenvalue weighted by molar-refractivity contribution is -0.0526. The molecule has 9 heteroatoms. The SMILES string of the molecule is Nc1c(C(=O)NCCc2ccc(N3CCCCC3)cc2)sc2nc(OC(F)F)ccc12. The molecule has 0 radical (unpaired) electrons. The van der Waals surface area contributed by atoms with Crippen LogP contribution in [0.15, 0.2) is 36.4 Å². The number of anilines is 2. The first-order valence-electron chi connectivity index (χ1n) is 10.3. The molecule has 3 N–H and O–H groups in total. The lowest BCUT2D eigenvalue weighted by atomic mass is 10.1. The standard InChI is InChI=1S/C22H24F2N4O2S/c23-22(24)30-17-9-8-16-18(25)19(31-21(16)27-17)20(29)26-11-10-14-4-6-15(7-5-14)28-12-2-1-3-13-28/h4-9,22H,1-3,10-13,25H2,(H,26,29). The number of benzene rings is 1. The van der Waals surface area contributed by atoms with E-state index in [2.05, 4.69) is 44.2 Å². The van der Waals surface area contributed by atoms with E-state index < -0.39 is 6.61 Å². The second-order valence-corrected chi connectivity index (χ2v) is 8.44.